The summed E-state index contributed by atoms with van der Waals surface area (Å²) in [6.07, 6.45) is 3.92. The van der Waals surface area contributed by atoms with Crippen molar-refractivity contribution in [3.8, 4) is 0 Å². The summed E-state index contributed by atoms with van der Waals surface area (Å²) in [4.78, 5) is 21.9. The molecule has 1 radical (unpaired) electrons. The van der Waals surface area contributed by atoms with Crippen LogP contribution in [-0.4, -0.2) is 12.1 Å². The van der Waals surface area contributed by atoms with Crippen molar-refractivity contribution in [2.75, 3.05) is 0 Å². The maximum atomic E-state index is 11.5. The van der Waals surface area contributed by atoms with Crippen LogP contribution in [0.2, 0.25) is 0 Å². The van der Waals surface area contributed by atoms with Gasteiger partial charge in [-0.2, -0.15) is 0 Å². The molecule has 13 heavy (non-hydrogen) atoms. The van der Waals surface area contributed by atoms with Crippen LogP contribution < -0.4 is 0 Å². The van der Waals surface area contributed by atoms with Gasteiger partial charge in [-0.15, -0.1) is 0 Å². The Morgan fingerprint density at radius 3 is 2.77 bits per heavy atom. The Hall–Kier alpha value is -1.70. The number of hydrogen-bond donors (Lipinski definition) is 0. The first-order valence-corrected chi connectivity index (χ1v) is 4.04. The van der Waals surface area contributed by atoms with Crippen molar-refractivity contribution in [2.24, 2.45) is 0 Å². The first-order chi connectivity index (χ1) is 6.33. The van der Waals surface area contributed by atoms with Gasteiger partial charge in [-0.25, -0.2) is 0 Å². The number of fused-ring (bicyclic) bond motifs is 1. The molecule has 1 aromatic carbocycles. The molecule has 0 N–H and O–H groups in total. The third-order valence-corrected chi connectivity index (χ3v) is 2.14. The third kappa shape index (κ3) is 1.20. The topological polar surface area (TPSA) is 34.1 Å². The summed E-state index contributed by atoms with van der Waals surface area (Å²) < 4.78 is 0. The summed E-state index contributed by atoms with van der Waals surface area (Å²) >= 11 is 0. The highest BCUT2D eigenvalue weighted by Crippen LogP contribution is 2.19. The van der Waals surface area contributed by atoms with Crippen LogP contribution in [0.5, 0.6) is 0 Å². The molecule has 1 aromatic rings. The van der Waals surface area contributed by atoms with E-state index in [9.17, 15) is 9.59 Å². The molecule has 63 valence electrons. The second-order valence-electron chi connectivity index (χ2n) is 2.91. The van der Waals surface area contributed by atoms with Crippen LogP contribution >= 0.6 is 0 Å². The van der Waals surface area contributed by atoms with Crippen LogP contribution in [0.25, 0.3) is 0 Å². The van der Waals surface area contributed by atoms with E-state index in [4.69, 9.17) is 0 Å². The quantitative estimate of drug-likeness (QED) is 0.599. The highest BCUT2D eigenvalue weighted by atomic mass is 16.1. The summed E-state index contributed by atoms with van der Waals surface area (Å²) in [6, 6.07) is 7.31. The van der Waals surface area contributed by atoms with E-state index in [-0.39, 0.29) is 11.4 Å². The first kappa shape index (κ1) is 7.92. The molecule has 0 saturated heterocycles. The van der Waals surface area contributed by atoms with Crippen molar-refractivity contribution in [1.82, 2.24) is 0 Å². The van der Waals surface area contributed by atoms with Crippen molar-refractivity contribution in [3.63, 3.8) is 0 Å². The van der Waals surface area contributed by atoms with Gasteiger partial charge in [-0.3, -0.25) is 9.59 Å². The Morgan fingerprint density at radius 2 is 2.00 bits per heavy atom. The van der Waals surface area contributed by atoms with Crippen molar-refractivity contribution in [1.29, 1.82) is 0 Å². The summed E-state index contributed by atoms with van der Waals surface area (Å²) in [5.41, 5.74) is 1.76. The number of carbonyl (C=O) groups excluding carboxylic acids is 2. The predicted molar refractivity (Wildman–Crippen MR) is 48.3 cm³/mol. The lowest BCUT2D eigenvalue weighted by Crippen LogP contribution is -2.12. The van der Waals surface area contributed by atoms with Gasteiger partial charge in [0.25, 0.3) is 0 Å². The van der Waals surface area contributed by atoms with Gasteiger partial charge < -0.3 is 0 Å². The molecular weight excluding hydrogens is 164 g/mol. The van der Waals surface area contributed by atoms with Gasteiger partial charge in [0, 0.05) is 5.56 Å². The van der Waals surface area contributed by atoms with Crippen LogP contribution in [0.15, 0.2) is 35.9 Å². The largest absolute Gasteiger partial charge is 0.288 e. The zero-order valence-electron chi connectivity index (χ0n) is 6.91. The summed E-state index contributed by atoms with van der Waals surface area (Å²) in [6.45, 7) is 0. The van der Waals surface area contributed by atoms with Crippen LogP contribution in [0.1, 0.15) is 15.9 Å². The number of allylic oxidation sites excluding steroid dienone is 2. The summed E-state index contributed by atoms with van der Waals surface area (Å²) in [5, 5.41) is 0. The lowest BCUT2D eigenvalue weighted by atomic mass is 9.91. The first-order valence-electron chi connectivity index (χ1n) is 4.04. The molecule has 1 aliphatic rings. The standard InChI is InChI=1S/C11H7O2/c12-7-9-6-5-8-3-1-2-4-10(8)11(9)13/h1-4,6H,5H2. The maximum absolute atomic E-state index is 11.5. The molecule has 0 bridgehead atoms. The Morgan fingerprint density at radius 1 is 1.23 bits per heavy atom. The smallest absolute Gasteiger partial charge is 0.237 e. The van der Waals surface area contributed by atoms with Gasteiger partial charge in [0.15, 0.2) is 5.78 Å². The molecule has 2 nitrogen and oxygen atoms in total. The molecule has 0 aromatic heterocycles. The van der Waals surface area contributed by atoms with E-state index in [0.29, 0.717) is 12.0 Å². The molecule has 0 aliphatic heterocycles. The van der Waals surface area contributed by atoms with Crippen molar-refractivity contribution in [2.45, 2.75) is 6.42 Å². The minimum Gasteiger partial charge on any atom is -0.288 e. The van der Waals surface area contributed by atoms with E-state index in [1.54, 1.807) is 24.5 Å². The zero-order valence-corrected chi connectivity index (χ0v) is 6.91. The lowest BCUT2D eigenvalue weighted by molar-refractivity contribution is 0.103. The maximum Gasteiger partial charge on any atom is 0.237 e. The lowest BCUT2D eigenvalue weighted by Gasteiger charge is -2.10. The van der Waals surface area contributed by atoms with E-state index in [1.165, 1.54) is 0 Å². The van der Waals surface area contributed by atoms with E-state index >= 15 is 0 Å². The third-order valence-electron chi connectivity index (χ3n) is 2.14. The fourth-order valence-corrected chi connectivity index (χ4v) is 1.46. The number of Topliss-reactive ketones (excluding diaryl/α,β-unsaturated/α-hetero) is 1. The molecule has 0 spiro atoms. The van der Waals surface area contributed by atoms with E-state index in [0.717, 1.165) is 5.56 Å². The second-order valence-corrected chi connectivity index (χ2v) is 2.91. The average molecular weight is 171 g/mol. The molecule has 0 atom stereocenters. The Labute approximate surface area is 75.9 Å². The number of rotatable bonds is 1. The number of benzene rings is 1. The minimum atomic E-state index is -0.211. The highest BCUT2D eigenvalue weighted by molar-refractivity contribution is 6.21. The van der Waals surface area contributed by atoms with Gasteiger partial charge >= 0.3 is 0 Å². The minimum absolute atomic E-state index is 0.152. The molecule has 1 aliphatic carbocycles. The van der Waals surface area contributed by atoms with E-state index in [1.807, 2.05) is 12.1 Å². The molecule has 2 heteroatoms. The monoisotopic (exact) mass is 171 g/mol. The summed E-state index contributed by atoms with van der Waals surface area (Å²) in [5.74, 6) is -0.211. The Bertz CT molecular complexity index is 402. The molecule has 2 rings (SSSR count). The van der Waals surface area contributed by atoms with Crippen LogP contribution in [0.4, 0.5) is 0 Å². The summed E-state index contributed by atoms with van der Waals surface area (Å²) in [7, 11) is 0. The van der Waals surface area contributed by atoms with Gasteiger partial charge in [0.1, 0.15) is 0 Å². The fraction of sp³-hybridized carbons (Fsp3) is 0.0909. The van der Waals surface area contributed by atoms with Crippen LogP contribution in [0, 0.1) is 0 Å². The van der Waals surface area contributed by atoms with Crippen molar-refractivity contribution < 1.29 is 9.59 Å². The molecular formula is C11H7O2. The van der Waals surface area contributed by atoms with Gasteiger partial charge in [-0.1, -0.05) is 30.3 Å². The Kier molecular flexibility index (Phi) is 1.81. The second kappa shape index (κ2) is 2.98. The average Bonchev–Trinajstić information content (AvgIpc) is 2.19. The van der Waals surface area contributed by atoms with E-state index in [2.05, 4.69) is 0 Å². The van der Waals surface area contributed by atoms with Crippen LogP contribution in [0.3, 0.4) is 0 Å². The molecule has 0 amide bonds. The fourth-order valence-electron chi connectivity index (χ4n) is 1.46. The highest BCUT2D eigenvalue weighted by Gasteiger charge is 2.19. The van der Waals surface area contributed by atoms with Crippen molar-refractivity contribution >= 4 is 12.1 Å². The number of ketones is 1. The van der Waals surface area contributed by atoms with Crippen molar-refractivity contribution in [3.05, 3.63) is 47.0 Å². The normalized spacial score (nSPS) is 14.8. The molecule has 0 saturated carbocycles. The van der Waals surface area contributed by atoms with E-state index < -0.39 is 0 Å². The van der Waals surface area contributed by atoms with Gasteiger partial charge in [0.2, 0.25) is 6.29 Å². The SMILES string of the molecule is O=[C]C1=CCc2ccccc2C1=O. The number of carbonyl (C=O) groups is 1. The van der Waals surface area contributed by atoms with Crippen LogP contribution in [-0.2, 0) is 11.2 Å². The predicted octanol–water partition coefficient (Wildman–Crippen LogP) is 1.46. The molecule has 0 heterocycles. The Balaban J connectivity index is 2.53. The van der Waals surface area contributed by atoms with Gasteiger partial charge in [0.05, 0.1) is 5.57 Å². The number of hydrogen-bond acceptors (Lipinski definition) is 2. The zero-order chi connectivity index (χ0) is 9.26. The van der Waals surface area contributed by atoms with Gasteiger partial charge in [-0.05, 0) is 12.0 Å². The molecule has 0 fully saturated rings. The molecule has 0 unspecified atom stereocenters.